The zero-order valence-corrected chi connectivity index (χ0v) is 13.8. The fourth-order valence-corrected chi connectivity index (χ4v) is 3.46. The van der Waals surface area contributed by atoms with Crippen LogP contribution in [0.25, 0.3) is 11.1 Å². The zero-order valence-electron chi connectivity index (χ0n) is 13.8. The molecule has 2 rings (SSSR count). The molecule has 21 heavy (non-hydrogen) atoms. The summed E-state index contributed by atoms with van der Waals surface area (Å²) in [5.41, 5.74) is 15.7. The molecule has 0 amide bonds. The van der Waals surface area contributed by atoms with Crippen LogP contribution in [0.2, 0.25) is 0 Å². The Kier molecular flexibility index (Phi) is 5.06. The lowest BCUT2D eigenvalue weighted by molar-refractivity contribution is 0.947. The van der Waals surface area contributed by atoms with E-state index in [1.165, 1.54) is 27.8 Å². The van der Waals surface area contributed by atoms with Gasteiger partial charge in [-0.1, -0.05) is 52.0 Å². The molecular weight excluding hydrogens is 254 g/mol. The normalized spacial score (nSPS) is 10.9. The molecule has 0 heterocycles. The molecule has 0 aromatic heterocycles. The molecule has 0 saturated heterocycles. The molecule has 0 atom stereocenters. The van der Waals surface area contributed by atoms with Crippen molar-refractivity contribution in [3.8, 4) is 11.1 Å². The predicted octanol–water partition coefficient (Wildman–Crippen LogP) is 5.19. The summed E-state index contributed by atoms with van der Waals surface area (Å²) >= 11 is 0. The highest BCUT2D eigenvalue weighted by Gasteiger charge is 2.16. The lowest BCUT2D eigenvalue weighted by Gasteiger charge is -2.21. The number of nitrogen functional groups attached to an aromatic ring is 1. The molecule has 0 aliphatic carbocycles. The standard InChI is InChI=1S/C20H27N/c1-5-14-13-19(18-11-9-10-12-20(18)21)17(8-4)16(7-3)15(14)6-2/h9-13H,5-8,21H2,1-4H3. The van der Waals surface area contributed by atoms with Gasteiger partial charge in [-0.15, -0.1) is 0 Å². The average Bonchev–Trinajstić information content (AvgIpc) is 2.53. The summed E-state index contributed by atoms with van der Waals surface area (Å²) in [7, 11) is 0. The second-order valence-corrected chi connectivity index (χ2v) is 5.52. The number of nitrogens with two attached hydrogens (primary N) is 1. The number of hydrogen-bond donors (Lipinski definition) is 1. The number of aryl methyl sites for hydroxylation is 1. The minimum atomic E-state index is 0.876. The van der Waals surface area contributed by atoms with Crippen molar-refractivity contribution in [2.24, 2.45) is 0 Å². The van der Waals surface area contributed by atoms with Gasteiger partial charge in [0, 0.05) is 11.3 Å². The van der Waals surface area contributed by atoms with Crippen LogP contribution in [-0.2, 0) is 25.7 Å². The summed E-state index contributed by atoms with van der Waals surface area (Å²) in [5.74, 6) is 0. The van der Waals surface area contributed by atoms with Crippen LogP contribution in [-0.4, -0.2) is 0 Å². The van der Waals surface area contributed by atoms with Crippen molar-refractivity contribution in [1.29, 1.82) is 0 Å². The van der Waals surface area contributed by atoms with Gasteiger partial charge < -0.3 is 5.73 Å². The highest BCUT2D eigenvalue weighted by atomic mass is 14.6. The lowest BCUT2D eigenvalue weighted by Crippen LogP contribution is -2.06. The van der Waals surface area contributed by atoms with Gasteiger partial charge in [-0.05, 0) is 59.6 Å². The Morgan fingerprint density at radius 2 is 1.33 bits per heavy atom. The monoisotopic (exact) mass is 281 g/mol. The van der Waals surface area contributed by atoms with Crippen molar-refractivity contribution in [3.05, 3.63) is 52.6 Å². The molecule has 2 aromatic rings. The minimum absolute atomic E-state index is 0.876. The molecule has 0 radical (unpaired) electrons. The van der Waals surface area contributed by atoms with Crippen molar-refractivity contribution >= 4 is 5.69 Å². The third kappa shape index (κ3) is 2.83. The first-order valence-corrected chi connectivity index (χ1v) is 8.19. The number of para-hydroxylation sites is 1. The van der Waals surface area contributed by atoms with Crippen LogP contribution in [0.15, 0.2) is 30.3 Å². The van der Waals surface area contributed by atoms with Gasteiger partial charge in [0.2, 0.25) is 0 Å². The molecule has 0 spiro atoms. The fraction of sp³-hybridized carbons (Fsp3) is 0.400. The molecule has 2 aromatic carbocycles. The van der Waals surface area contributed by atoms with Gasteiger partial charge in [0.1, 0.15) is 0 Å². The number of anilines is 1. The highest BCUT2D eigenvalue weighted by molar-refractivity contribution is 5.80. The quantitative estimate of drug-likeness (QED) is 0.750. The summed E-state index contributed by atoms with van der Waals surface area (Å²) in [4.78, 5) is 0. The Labute approximate surface area is 129 Å². The van der Waals surface area contributed by atoms with Crippen molar-refractivity contribution in [2.75, 3.05) is 5.73 Å². The van der Waals surface area contributed by atoms with E-state index in [-0.39, 0.29) is 0 Å². The lowest BCUT2D eigenvalue weighted by atomic mass is 9.84. The largest absolute Gasteiger partial charge is 0.398 e. The van der Waals surface area contributed by atoms with E-state index in [4.69, 9.17) is 5.73 Å². The van der Waals surface area contributed by atoms with Gasteiger partial charge >= 0.3 is 0 Å². The van der Waals surface area contributed by atoms with E-state index in [2.05, 4.69) is 45.9 Å². The smallest absolute Gasteiger partial charge is 0.0393 e. The molecule has 2 N–H and O–H groups in total. The molecule has 112 valence electrons. The topological polar surface area (TPSA) is 26.0 Å². The Balaban J connectivity index is 2.80. The third-order valence-corrected chi connectivity index (χ3v) is 4.45. The van der Waals surface area contributed by atoms with Gasteiger partial charge in [-0.25, -0.2) is 0 Å². The summed E-state index contributed by atoms with van der Waals surface area (Å²) in [6.45, 7) is 9.04. The molecule has 0 fully saturated rings. The van der Waals surface area contributed by atoms with Gasteiger partial charge in [0.15, 0.2) is 0 Å². The third-order valence-electron chi connectivity index (χ3n) is 4.45. The molecule has 0 bridgehead atoms. The molecule has 1 nitrogen and oxygen atoms in total. The van der Waals surface area contributed by atoms with E-state index in [1.807, 2.05) is 12.1 Å². The minimum Gasteiger partial charge on any atom is -0.398 e. The molecular formula is C20H27N. The Morgan fingerprint density at radius 1 is 0.714 bits per heavy atom. The van der Waals surface area contributed by atoms with Crippen LogP contribution in [0.1, 0.15) is 49.9 Å². The van der Waals surface area contributed by atoms with Gasteiger partial charge in [-0.2, -0.15) is 0 Å². The molecule has 1 heteroatoms. The van der Waals surface area contributed by atoms with Crippen LogP contribution in [0, 0.1) is 0 Å². The Morgan fingerprint density at radius 3 is 1.86 bits per heavy atom. The predicted molar refractivity (Wildman–Crippen MR) is 93.8 cm³/mol. The molecule has 0 aliphatic rings. The van der Waals surface area contributed by atoms with Gasteiger partial charge in [-0.3, -0.25) is 0 Å². The Hall–Kier alpha value is -1.76. The number of rotatable bonds is 5. The maximum Gasteiger partial charge on any atom is 0.0393 e. The van der Waals surface area contributed by atoms with Crippen LogP contribution in [0.5, 0.6) is 0 Å². The van der Waals surface area contributed by atoms with E-state index in [0.29, 0.717) is 0 Å². The van der Waals surface area contributed by atoms with Crippen molar-refractivity contribution in [3.63, 3.8) is 0 Å². The number of benzene rings is 2. The molecule has 0 aliphatic heterocycles. The first kappa shape index (κ1) is 15.6. The van der Waals surface area contributed by atoms with E-state index < -0.39 is 0 Å². The zero-order chi connectivity index (χ0) is 15.4. The van der Waals surface area contributed by atoms with E-state index in [9.17, 15) is 0 Å². The van der Waals surface area contributed by atoms with Gasteiger partial charge in [0.25, 0.3) is 0 Å². The second-order valence-electron chi connectivity index (χ2n) is 5.52. The number of hydrogen-bond acceptors (Lipinski definition) is 1. The van der Waals surface area contributed by atoms with Crippen molar-refractivity contribution in [1.82, 2.24) is 0 Å². The van der Waals surface area contributed by atoms with E-state index in [0.717, 1.165) is 31.4 Å². The average molecular weight is 281 g/mol. The maximum absolute atomic E-state index is 6.23. The van der Waals surface area contributed by atoms with Crippen LogP contribution >= 0.6 is 0 Å². The highest BCUT2D eigenvalue weighted by Crippen LogP contribution is 2.35. The molecule has 0 unspecified atom stereocenters. The first-order chi connectivity index (χ1) is 10.2. The van der Waals surface area contributed by atoms with E-state index >= 15 is 0 Å². The summed E-state index contributed by atoms with van der Waals surface area (Å²) < 4.78 is 0. The maximum atomic E-state index is 6.23. The second kappa shape index (κ2) is 6.80. The van der Waals surface area contributed by atoms with E-state index in [1.54, 1.807) is 5.56 Å². The van der Waals surface area contributed by atoms with Crippen LogP contribution < -0.4 is 5.73 Å². The summed E-state index contributed by atoms with van der Waals surface area (Å²) in [6, 6.07) is 10.6. The van der Waals surface area contributed by atoms with Crippen LogP contribution in [0.3, 0.4) is 0 Å². The first-order valence-electron chi connectivity index (χ1n) is 8.19. The Bertz CT molecular complexity index is 626. The van der Waals surface area contributed by atoms with Crippen molar-refractivity contribution in [2.45, 2.75) is 53.4 Å². The molecule has 0 saturated carbocycles. The summed E-state index contributed by atoms with van der Waals surface area (Å²) in [6.07, 6.45) is 4.35. The fourth-order valence-electron chi connectivity index (χ4n) is 3.46. The SMILES string of the molecule is CCc1cc(-c2ccccc2N)c(CC)c(CC)c1CC. The van der Waals surface area contributed by atoms with Gasteiger partial charge in [0.05, 0.1) is 0 Å². The van der Waals surface area contributed by atoms with Crippen LogP contribution in [0.4, 0.5) is 5.69 Å². The van der Waals surface area contributed by atoms with Crippen molar-refractivity contribution < 1.29 is 0 Å². The summed E-state index contributed by atoms with van der Waals surface area (Å²) in [5, 5.41) is 0.